The second-order valence-electron chi connectivity index (χ2n) is 9.27. The first-order valence-electron chi connectivity index (χ1n) is 12.3. The first-order chi connectivity index (χ1) is 14.3. The number of benzene rings is 1. The molecule has 0 aliphatic heterocycles. The van der Waals surface area contributed by atoms with Crippen molar-refractivity contribution in [3.05, 3.63) is 53.7 Å². The van der Waals surface area contributed by atoms with Gasteiger partial charge in [-0.2, -0.15) is 0 Å². The summed E-state index contributed by atoms with van der Waals surface area (Å²) in [5.74, 6) is 1.98. The van der Waals surface area contributed by atoms with Crippen molar-refractivity contribution in [2.45, 2.75) is 97.3 Å². The fourth-order valence-corrected chi connectivity index (χ4v) is 4.91. The van der Waals surface area contributed by atoms with E-state index >= 15 is 0 Å². The van der Waals surface area contributed by atoms with Gasteiger partial charge in [0.1, 0.15) is 0 Å². The third kappa shape index (κ3) is 7.28. The molecule has 1 aliphatic rings. The molecule has 1 aromatic carbocycles. The highest BCUT2D eigenvalue weighted by atomic mass is 14.7. The number of hydrogen-bond acceptors (Lipinski definition) is 1. The number of pyridine rings is 1. The lowest BCUT2D eigenvalue weighted by Gasteiger charge is -2.28. The summed E-state index contributed by atoms with van der Waals surface area (Å²) in [6, 6.07) is 13.5. The van der Waals surface area contributed by atoms with Gasteiger partial charge in [0, 0.05) is 11.8 Å². The number of unbranched alkanes of at least 4 members (excludes halogenated alkanes) is 3. The van der Waals surface area contributed by atoms with Crippen LogP contribution in [0.25, 0.3) is 11.3 Å². The van der Waals surface area contributed by atoms with Crippen molar-refractivity contribution >= 4 is 0 Å². The molecule has 0 spiro atoms. The van der Waals surface area contributed by atoms with Crippen molar-refractivity contribution in [2.24, 2.45) is 11.8 Å². The molecule has 1 heteroatoms. The van der Waals surface area contributed by atoms with Crippen LogP contribution in [0.1, 0.15) is 95.6 Å². The summed E-state index contributed by atoms with van der Waals surface area (Å²) >= 11 is 0. The second kappa shape index (κ2) is 12.2. The highest BCUT2D eigenvalue weighted by Gasteiger charge is 2.20. The van der Waals surface area contributed by atoms with E-state index in [-0.39, 0.29) is 0 Å². The molecule has 3 rings (SSSR count). The average Bonchev–Trinajstić information content (AvgIpc) is 2.77. The van der Waals surface area contributed by atoms with Gasteiger partial charge in [-0.05, 0) is 48.3 Å². The minimum Gasteiger partial charge on any atom is -0.256 e. The molecule has 0 saturated heterocycles. The van der Waals surface area contributed by atoms with Crippen LogP contribution in [-0.4, -0.2) is 4.98 Å². The first-order valence-corrected chi connectivity index (χ1v) is 12.3. The molecular weight excluding hydrogens is 350 g/mol. The van der Waals surface area contributed by atoms with Crippen molar-refractivity contribution < 1.29 is 0 Å². The Labute approximate surface area is 179 Å². The van der Waals surface area contributed by atoms with Crippen molar-refractivity contribution in [2.75, 3.05) is 0 Å². The molecule has 0 amide bonds. The van der Waals surface area contributed by atoms with Crippen LogP contribution in [0.4, 0.5) is 0 Å². The highest BCUT2D eigenvalue weighted by Crippen LogP contribution is 2.34. The summed E-state index contributed by atoms with van der Waals surface area (Å²) in [7, 11) is 0. The fraction of sp³-hybridized carbons (Fsp3) is 0.607. The summed E-state index contributed by atoms with van der Waals surface area (Å²) < 4.78 is 0. The summed E-state index contributed by atoms with van der Waals surface area (Å²) in [4.78, 5) is 4.66. The molecule has 0 atom stereocenters. The summed E-state index contributed by atoms with van der Waals surface area (Å²) in [6.07, 6.45) is 20.0. The predicted molar refractivity (Wildman–Crippen MR) is 126 cm³/mol. The quantitative estimate of drug-likeness (QED) is 0.350. The van der Waals surface area contributed by atoms with E-state index in [1.165, 1.54) is 93.7 Å². The molecule has 1 aliphatic carbocycles. The van der Waals surface area contributed by atoms with E-state index in [0.29, 0.717) is 0 Å². The number of aromatic nitrogens is 1. The van der Waals surface area contributed by atoms with E-state index in [2.05, 4.69) is 55.2 Å². The summed E-state index contributed by atoms with van der Waals surface area (Å²) in [6.45, 7) is 4.52. The standard InChI is InChI=1S/C28H41N/c1-3-5-6-7-9-23-10-12-24(13-11-23)14-15-25-16-19-27(20-17-25)28-21-18-26(8-4-2)22-29-28/h16-24H,3-15H2,1-2H3/t23-,24-. The largest absolute Gasteiger partial charge is 0.256 e. The molecule has 0 N–H and O–H groups in total. The first kappa shape index (κ1) is 22.1. The van der Waals surface area contributed by atoms with E-state index in [9.17, 15) is 0 Å². The molecule has 1 heterocycles. The van der Waals surface area contributed by atoms with Gasteiger partial charge in [0.05, 0.1) is 5.69 Å². The van der Waals surface area contributed by atoms with Crippen molar-refractivity contribution in [1.29, 1.82) is 0 Å². The normalized spacial score (nSPS) is 19.4. The topological polar surface area (TPSA) is 12.9 Å². The van der Waals surface area contributed by atoms with Gasteiger partial charge in [-0.1, -0.05) is 108 Å². The summed E-state index contributed by atoms with van der Waals surface area (Å²) in [5.41, 5.74) is 5.15. The minimum absolute atomic E-state index is 0.953. The van der Waals surface area contributed by atoms with Crippen LogP contribution in [-0.2, 0) is 12.8 Å². The maximum Gasteiger partial charge on any atom is 0.0702 e. The molecule has 1 saturated carbocycles. The predicted octanol–water partition coefficient (Wildman–Crippen LogP) is 8.41. The van der Waals surface area contributed by atoms with Crippen LogP contribution in [0, 0.1) is 11.8 Å². The van der Waals surface area contributed by atoms with Crippen molar-refractivity contribution in [3.8, 4) is 11.3 Å². The van der Waals surface area contributed by atoms with E-state index in [1.54, 1.807) is 0 Å². The molecule has 158 valence electrons. The zero-order valence-corrected chi connectivity index (χ0v) is 18.8. The van der Waals surface area contributed by atoms with Gasteiger partial charge in [-0.3, -0.25) is 4.98 Å². The Morgan fingerprint density at radius 3 is 2.00 bits per heavy atom. The molecule has 1 aromatic heterocycles. The Kier molecular flexibility index (Phi) is 9.25. The SMILES string of the molecule is CCCCCC[C@H]1CC[C@H](CCc2ccc(-c3ccc(CCC)cn3)cc2)CC1. The van der Waals surface area contributed by atoms with Crippen LogP contribution in [0.2, 0.25) is 0 Å². The highest BCUT2D eigenvalue weighted by molar-refractivity contribution is 5.59. The van der Waals surface area contributed by atoms with E-state index in [1.807, 2.05) is 6.20 Å². The lowest BCUT2D eigenvalue weighted by molar-refractivity contribution is 0.249. The molecule has 0 bridgehead atoms. The second-order valence-corrected chi connectivity index (χ2v) is 9.27. The van der Waals surface area contributed by atoms with Crippen LogP contribution in [0.5, 0.6) is 0 Å². The van der Waals surface area contributed by atoms with Gasteiger partial charge in [0.25, 0.3) is 0 Å². The molecule has 1 fully saturated rings. The van der Waals surface area contributed by atoms with Crippen LogP contribution >= 0.6 is 0 Å². The molecule has 1 nitrogen and oxygen atoms in total. The van der Waals surface area contributed by atoms with E-state index < -0.39 is 0 Å². The lowest BCUT2D eigenvalue weighted by atomic mass is 9.77. The lowest BCUT2D eigenvalue weighted by Crippen LogP contribution is -2.15. The molecular formula is C28H41N. The number of aryl methyl sites for hydroxylation is 2. The maximum atomic E-state index is 4.66. The monoisotopic (exact) mass is 391 g/mol. The summed E-state index contributed by atoms with van der Waals surface area (Å²) in [5, 5.41) is 0. The van der Waals surface area contributed by atoms with Gasteiger partial charge < -0.3 is 0 Å². The Hall–Kier alpha value is -1.63. The Balaban J connectivity index is 1.39. The van der Waals surface area contributed by atoms with E-state index in [0.717, 1.165) is 24.0 Å². The van der Waals surface area contributed by atoms with Crippen LogP contribution < -0.4 is 0 Å². The van der Waals surface area contributed by atoms with Gasteiger partial charge in [0.2, 0.25) is 0 Å². The minimum atomic E-state index is 0.953. The third-order valence-electron chi connectivity index (χ3n) is 6.89. The van der Waals surface area contributed by atoms with Gasteiger partial charge in [-0.15, -0.1) is 0 Å². The van der Waals surface area contributed by atoms with Gasteiger partial charge in [-0.25, -0.2) is 0 Å². The molecule has 0 radical (unpaired) electrons. The molecule has 0 unspecified atom stereocenters. The molecule has 2 aromatic rings. The van der Waals surface area contributed by atoms with Crippen LogP contribution in [0.3, 0.4) is 0 Å². The zero-order valence-electron chi connectivity index (χ0n) is 18.8. The van der Waals surface area contributed by atoms with Crippen molar-refractivity contribution in [3.63, 3.8) is 0 Å². The Morgan fingerprint density at radius 1 is 0.690 bits per heavy atom. The van der Waals surface area contributed by atoms with Crippen molar-refractivity contribution in [1.82, 2.24) is 4.98 Å². The average molecular weight is 392 g/mol. The van der Waals surface area contributed by atoms with Crippen LogP contribution in [0.15, 0.2) is 42.6 Å². The fourth-order valence-electron chi connectivity index (χ4n) is 4.91. The zero-order chi connectivity index (χ0) is 20.3. The third-order valence-corrected chi connectivity index (χ3v) is 6.89. The number of nitrogens with zero attached hydrogens (tertiary/aromatic N) is 1. The van der Waals surface area contributed by atoms with E-state index in [4.69, 9.17) is 0 Å². The number of rotatable bonds is 11. The number of hydrogen-bond donors (Lipinski definition) is 0. The smallest absolute Gasteiger partial charge is 0.0702 e. The maximum absolute atomic E-state index is 4.66. The van der Waals surface area contributed by atoms with Gasteiger partial charge in [0.15, 0.2) is 0 Å². The van der Waals surface area contributed by atoms with Gasteiger partial charge >= 0.3 is 0 Å². The Bertz CT molecular complexity index is 677. The molecule has 29 heavy (non-hydrogen) atoms. The Morgan fingerprint density at radius 2 is 1.38 bits per heavy atom.